The molecule has 1 amide bonds. The molecule has 5 nitrogen and oxygen atoms in total. The van der Waals surface area contributed by atoms with Crippen LogP contribution in [-0.2, 0) is 4.79 Å². The van der Waals surface area contributed by atoms with Crippen molar-refractivity contribution < 1.29 is 4.79 Å². The fraction of sp³-hybridized carbons (Fsp3) is 0.111. The van der Waals surface area contributed by atoms with Gasteiger partial charge >= 0.3 is 0 Å². The minimum atomic E-state index is -0.225. The molecule has 1 rings (SSSR count). The number of amides is 1. The molecule has 0 aliphatic rings. The zero-order valence-electron chi connectivity index (χ0n) is 7.45. The molecule has 5 heteroatoms. The summed E-state index contributed by atoms with van der Waals surface area (Å²) in [5, 5.41) is 11.1. The third-order valence-corrected chi connectivity index (χ3v) is 1.56. The second kappa shape index (κ2) is 4.97. The minimum absolute atomic E-state index is 0.0556. The van der Waals surface area contributed by atoms with Crippen LogP contribution in [0, 0.1) is 11.3 Å². The average Bonchev–Trinajstić information content (AvgIpc) is 2.19. The molecule has 0 atom stereocenters. The Bertz CT molecular complexity index is 352. The molecule has 1 aromatic carbocycles. The van der Waals surface area contributed by atoms with E-state index in [4.69, 9.17) is 11.1 Å². The summed E-state index contributed by atoms with van der Waals surface area (Å²) in [4.78, 5) is 11.0. The van der Waals surface area contributed by atoms with E-state index in [-0.39, 0.29) is 12.5 Å². The van der Waals surface area contributed by atoms with Crippen molar-refractivity contribution in [1.82, 2.24) is 5.43 Å². The fourth-order valence-corrected chi connectivity index (χ4v) is 0.926. The van der Waals surface area contributed by atoms with Crippen molar-refractivity contribution in [2.75, 3.05) is 11.9 Å². The van der Waals surface area contributed by atoms with Crippen molar-refractivity contribution >= 4 is 11.6 Å². The largest absolute Gasteiger partial charge is 0.325 e. The van der Waals surface area contributed by atoms with Gasteiger partial charge in [0.05, 0.1) is 18.2 Å². The van der Waals surface area contributed by atoms with Gasteiger partial charge in [-0.05, 0) is 24.3 Å². The zero-order valence-corrected chi connectivity index (χ0v) is 7.45. The number of anilines is 1. The molecule has 0 aromatic heterocycles. The van der Waals surface area contributed by atoms with E-state index in [1.165, 1.54) is 0 Å². The molecule has 0 unspecified atom stereocenters. The van der Waals surface area contributed by atoms with Crippen LogP contribution in [0.15, 0.2) is 24.3 Å². The van der Waals surface area contributed by atoms with Crippen LogP contribution in [0.5, 0.6) is 0 Å². The van der Waals surface area contributed by atoms with E-state index in [1.54, 1.807) is 24.3 Å². The van der Waals surface area contributed by atoms with E-state index in [2.05, 4.69) is 10.7 Å². The number of nitrogens with two attached hydrogens (primary N) is 1. The molecular formula is C9H10N4O. The highest BCUT2D eigenvalue weighted by molar-refractivity contribution is 5.92. The molecule has 1 aromatic rings. The Morgan fingerprint density at radius 3 is 2.57 bits per heavy atom. The van der Waals surface area contributed by atoms with Crippen molar-refractivity contribution in [3.05, 3.63) is 29.8 Å². The van der Waals surface area contributed by atoms with Crippen LogP contribution in [-0.4, -0.2) is 12.5 Å². The number of hydrogen-bond acceptors (Lipinski definition) is 4. The van der Waals surface area contributed by atoms with E-state index in [0.717, 1.165) is 0 Å². The maximum Gasteiger partial charge on any atom is 0.239 e. The first-order valence-electron chi connectivity index (χ1n) is 3.99. The summed E-state index contributed by atoms with van der Waals surface area (Å²) >= 11 is 0. The topological polar surface area (TPSA) is 90.9 Å². The number of benzene rings is 1. The summed E-state index contributed by atoms with van der Waals surface area (Å²) in [5.41, 5.74) is 3.44. The molecule has 0 saturated carbocycles. The number of nitrogens with zero attached hydrogens (tertiary/aromatic N) is 1. The Kier molecular flexibility index (Phi) is 3.61. The first kappa shape index (κ1) is 10.2. The van der Waals surface area contributed by atoms with E-state index < -0.39 is 0 Å². The lowest BCUT2D eigenvalue weighted by Crippen LogP contribution is -2.32. The second-order valence-corrected chi connectivity index (χ2v) is 2.62. The van der Waals surface area contributed by atoms with Gasteiger partial charge in [-0.1, -0.05) is 0 Å². The number of carbonyl (C=O) groups is 1. The maximum atomic E-state index is 11.0. The maximum absolute atomic E-state index is 11.0. The summed E-state index contributed by atoms with van der Waals surface area (Å²) in [6.07, 6.45) is 0. The van der Waals surface area contributed by atoms with E-state index >= 15 is 0 Å². The monoisotopic (exact) mass is 190 g/mol. The van der Waals surface area contributed by atoms with Gasteiger partial charge in [0.25, 0.3) is 0 Å². The van der Waals surface area contributed by atoms with Gasteiger partial charge in [-0.2, -0.15) is 5.26 Å². The van der Waals surface area contributed by atoms with Crippen molar-refractivity contribution in [2.24, 2.45) is 5.84 Å². The van der Waals surface area contributed by atoms with Gasteiger partial charge in [-0.25, -0.2) is 0 Å². The molecule has 0 spiro atoms. The van der Waals surface area contributed by atoms with E-state index in [9.17, 15) is 4.79 Å². The van der Waals surface area contributed by atoms with Gasteiger partial charge in [0.1, 0.15) is 0 Å². The molecule has 0 aliphatic carbocycles. The van der Waals surface area contributed by atoms with Crippen LogP contribution >= 0.6 is 0 Å². The molecule has 0 aliphatic heterocycles. The molecule has 0 saturated heterocycles. The van der Waals surface area contributed by atoms with Crippen molar-refractivity contribution in [1.29, 1.82) is 5.26 Å². The smallest absolute Gasteiger partial charge is 0.239 e. The van der Waals surface area contributed by atoms with Crippen molar-refractivity contribution in [3.63, 3.8) is 0 Å². The van der Waals surface area contributed by atoms with E-state index in [1.807, 2.05) is 6.07 Å². The highest BCUT2D eigenvalue weighted by Crippen LogP contribution is 2.07. The van der Waals surface area contributed by atoms with Crippen LogP contribution in [0.2, 0.25) is 0 Å². The number of nitrogens with one attached hydrogen (secondary N) is 2. The van der Waals surface area contributed by atoms with Crippen LogP contribution in [0.3, 0.4) is 0 Å². The quantitative estimate of drug-likeness (QED) is 0.460. The van der Waals surface area contributed by atoms with Crippen LogP contribution < -0.4 is 16.6 Å². The van der Waals surface area contributed by atoms with Crippen molar-refractivity contribution in [2.45, 2.75) is 0 Å². The zero-order chi connectivity index (χ0) is 10.4. The van der Waals surface area contributed by atoms with Gasteiger partial charge in [0.2, 0.25) is 5.91 Å². The highest BCUT2D eigenvalue weighted by atomic mass is 16.2. The number of hydrogen-bond donors (Lipinski definition) is 3. The van der Waals surface area contributed by atoms with Crippen molar-refractivity contribution in [3.8, 4) is 6.07 Å². The van der Waals surface area contributed by atoms with Gasteiger partial charge in [0.15, 0.2) is 0 Å². The minimum Gasteiger partial charge on any atom is -0.325 e. The Morgan fingerprint density at radius 2 is 2.07 bits per heavy atom. The summed E-state index contributed by atoms with van der Waals surface area (Å²) in [6, 6.07) is 8.57. The predicted octanol–water partition coefficient (Wildman–Crippen LogP) is -0.0399. The average molecular weight is 190 g/mol. The van der Waals surface area contributed by atoms with Gasteiger partial charge in [-0.3, -0.25) is 16.1 Å². The third kappa shape index (κ3) is 2.86. The molecular weight excluding hydrogens is 180 g/mol. The predicted molar refractivity (Wildman–Crippen MR) is 52.0 cm³/mol. The summed E-state index contributed by atoms with van der Waals surface area (Å²) in [6.45, 7) is 0.0556. The lowest BCUT2D eigenvalue weighted by molar-refractivity contribution is -0.115. The Balaban J connectivity index is 2.61. The van der Waals surface area contributed by atoms with E-state index in [0.29, 0.717) is 11.3 Å². The van der Waals surface area contributed by atoms with Gasteiger partial charge in [0, 0.05) is 5.69 Å². The number of carbonyl (C=O) groups excluding carboxylic acids is 1. The SMILES string of the molecule is N#Cc1ccc(NC(=O)CNN)cc1. The molecule has 0 fully saturated rings. The van der Waals surface area contributed by atoms with Gasteiger partial charge < -0.3 is 5.32 Å². The Labute approximate surface area is 81.5 Å². The van der Waals surface area contributed by atoms with Gasteiger partial charge in [-0.15, -0.1) is 0 Å². The molecule has 4 N–H and O–H groups in total. The van der Waals surface area contributed by atoms with Crippen LogP contribution in [0.1, 0.15) is 5.56 Å². The normalized spacial score (nSPS) is 9.14. The summed E-state index contributed by atoms with van der Waals surface area (Å²) in [7, 11) is 0. The molecule has 72 valence electrons. The molecule has 14 heavy (non-hydrogen) atoms. The molecule has 0 radical (unpaired) electrons. The summed E-state index contributed by atoms with van der Waals surface area (Å²) in [5.74, 6) is 4.75. The summed E-state index contributed by atoms with van der Waals surface area (Å²) < 4.78 is 0. The first-order chi connectivity index (χ1) is 6.76. The Morgan fingerprint density at radius 1 is 1.43 bits per heavy atom. The first-order valence-corrected chi connectivity index (χ1v) is 3.99. The molecule has 0 heterocycles. The lowest BCUT2D eigenvalue weighted by Gasteiger charge is -2.03. The number of hydrazine groups is 1. The third-order valence-electron chi connectivity index (χ3n) is 1.56. The Hall–Kier alpha value is -1.90. The lowest BCUT2D eigenvalue weighted by atomic mass is 10.2. The highest BCUT2D eigenvalue weighted by Gasteiger charge is 1.99. The second-order valence-electron chi connectivity index (χ2n) is 2.62. The fourth-order valence-electron chi connectivity index (χ4n) is 0.926. The number of nitriles is 1. The number of rotatable bonds is 3. The van der Waals surface area contributed by atoms with Crippen LogP contribution in [0.25, 0.3) is 0 Å². The molecule has 0 bridgehead atoms. The van der Waals surface area contributed by atoms with Crippen LogP contribution in [0.4, 0.5) is 5.69 Å². The standard InChI is InChI=1S/C9H10N4O/c10-5-7-1-3-8(4-2-7)13-9(14)6-12-11/h1-4,12H,6,11H2,(H,13,14).